The van der Waals surface area contributed by atoms with E-state index in [0.29, 0.717) is 43.4 Å². The monoisotopic (exact) mass is 709 g/mol. The molecule has 4 heterocycles. The van der Waals surface area contributed by atoms with E-state index in [1.807, 2.05) is 96.8 Å². The maximum Gasteiger partial charge on any atom is 0.263 e. The Bertz CT molecular complexity index is 1980. The molecule has 0 saturated carbocycles. The molecule has 0 bridgehead atoms. The number of aromatic nitrogens is 1. The number of carbonyl (C=O) groups excluding carboxylic acids is 3. The van der Waals surface area contributed by atoms with E-state index in [2.05, 4.69) is 21.3 Å². The normalized spacial score (nSPS) is 17.3. The number of piperidine rings is 1. The number of anilines is 1. The Morgan fingerprint density at radius 2 is 1.78 bits per heavy atom. The largest absolute Gasteiger partial charge is 0.361 e. The summed E-state index contributed by atoms with van der Waals surface area (Å²) in [4.78, 5) is 51.6. The number of thiophene rings is 1. The molecule has 3 amide bonds. The molecular formula is C40H44ClN5O3S. The number of amides is 3. The van der Waals surface area contributed by atoms with Crippen molar-refractivity contribution in [3.8, 4) is 0 Å². The van der Waals surface area contributed by atoms with Crippen LogP contribution in [0.4, 0.5) is 5.69 Å². The molecule has 3 aromatic carbocycles. The molecule has 2 aliphatic heterocycles. The van der Waals surface area contributed by atoms with E-state index in [1.165, 1.54) is 0 Å². The van der Waals surface area contributed by atoms with Gasteiger partial charge in [-0.3, -0.25) is 14.4 Å². The smallest absolute Gasteiger partial charge is 0.263 e. The third kappa shape index (κ3) is 7.60. The van der Waals surface area contributed by atoms with Crippen LogP contribution in [0.15, 0.2) is 79.0 Å². The maximum atomic E-state index is 14.6. The van der Waals surface area contributed by atoms with Gasteiger partial charge >= 0.3 is 0 Å². The first-order chi connectivity index (χ1) is 24.2. The van der Waals surface area contributed by atoms with Crippen molar-refractivity contribution in [1.29, 1.82) is 0 Å². The fourth-order valence-corrected chi connectivity index (χ4v) is 8.96. The topological polar surface area (TPSA) is 88.8 Å². The molecule has 8 nitrogen and oxygen atoms in total. The number of nitrogens with one attached hydrogen (secondary N) is 2. The molecule has 7 rings (SSSR count). The van der Waals surface area contributed by atoms with Gasteiger partial charge in [-0.25, -0.2) is 0 Å². The second-order valence-corrected chi connectivity index (χ2v) is 15.7. The summed E-state index contributed by atoms with van der Waals surface area (Å²) in [6.45, 7) is 2.79. The predicted octanol–water partition coefficient (Wildman–Crippen LogP) is 7.16. The summed E-state index contributed by atoms with van der Waals surface area (Å²) in [6.07, 6.45) is 5.95. The van der Waals surface area contributed by atoms with Crippen LogP contribution in [-0.4, -0.2) is 78.8 Å². The summed E-state index contributed by atoms with van der Waals surface area (Å²) < 4.78 is 1.13. The molecular weight excluding hydrogens is 666 g/mol. The summed E-state index contributed by atoms with van der Waals surface area (Å²) in [5, 5.41) is 5.98. The molecule has 5 aromatic rings. The molecule has 2 atom stereocenters. The first kappa shape index (κ1) is 34.3. The van der Waals surface area contributed by atoms with Crippen molar-refractivity contribution in [3.63, 3.8) is 0 Å². The average molecular weight is 710 g/mol. The van der Waals surface area contributed by atoms with Crippen molar-refractivity contribution in [2.45, 2.75) is 44.6 Å². The molecule has 0 aliphatic carbocycles. The van der Waals surface area contributed by atoms with Gasteiger partial charge in [-0.05, 0) is 105 Å². The standard InChI is InChI=1S/C40H44ClN5O3S/c1-44(2)24-27-19-29-20-31(41)12-13-35(29)46(25-27)39(48)34(21-30-23-42-33-9-5-4-8-32(30)33)43-38(47)14-11-26-15-17-45(18-16-26)40(49)37-22-28-7-3-6-10-36(28)50-37/h3-10,12-13,20,22-23,26-27,34,42H,11,14-19,21,24-25H2,1-2H3,(H,43,47)/t27-,34-/m1/s1. The number of para-hydroxylation sites is 1. The van der Waals surface area contributed by atoms with Crippen molar-refractivity contribution in [1.82, 2.24) is 20.1 Å². The molecule has 260 valence electrons. The van der Waals surface area contributed by atoms with Crippen LogP contribution in [0.5, 0.6) is 0 Å². The Morgan fingerprint density at radius 1 is 1.00 bits per heavy atom. The quantitative estimate of drug-likeness (QED) is 0.161. The van der Waals surface area contributed by atoms with Crippen LogP contribution in [-0.2, 0) is 22.4 Å². The van der Waals surface area contributed by atoms with E-state index >= 15 is 0 Å². The Kier molecular flexibility index (Phi) is 10.3. The van der Waals surface area contributed by atoms with Gasteiger partial charge in [0.05, 0.1) is 4.88 Å². The van der Waals surface area contributed by atoms with E-state index in [1.54, 1.807) is 11.3 Å². The van der Waals surface area contributed by atoms with Gasteiger partial charge in [0.25, 0.3) is 5.91 Å². The number of rotatable bonds is 10. The average Bonchev–Trinajstić information content (AvgIpc) is 3.74. The van der Waals surface area contributed by atoms with Crippen LogP contribution in [0, 0.1) is 11.8 Å². The highest BCUT2D eigenvalue weighted by Gasteiger charge is 2.34. The van der Waals surface area contributed by atoms with Gasteiger partial charge < -0.3 is 25.0 Å². The van der Waals surface area contributed by atoms with Crippen LogP contribution < -0.4 is 10.2 Å². The van der Waals surface area contributed by atoms with Crippen molar-refractivity contribution < 1.29 is 14.4 Å². The van der Waals surface area contributed by atoms with E-state index in [4.69, 9.17) is 11.6 Å². The Morgan fingerprint density at radius 3 is 2.58 bits per heavy atom. The van der Waals surface area contributed by atoms with Crippen molar-refractivity contribution in [3.05, 3.63) is 100 Å². The highest BCUT2D eigenvalue weighted by atomic mass is 35.5. The second kappa shape index (κ2) is 15.0. The Labute approximate surface area is 302 Å². The van der Waals surface area contributed by atoms with Crippen LogP contribution in [0.25, 0.3) is 21.0 Å². The number of nitrogens with zero attached hydrogens (tertiary/aromatic N) is 3. The van der Waals surface area contributed by atoms with E-state index in [9.17, 15) is 14.4 Å². The van der Waals surface area contributed by atoms with Gasteiger partial charge in [0.15, 0.2) is 0 Å². The molecule has 0 radical (unpaired) electrons. The number of H-pyrrole nitrogens is 1. The lowest BCUT2D eigenvalue weighted by molar-refractivity contribution is -0.127. The predicted molar refractivity (Wildman–Crippen MR) is 203 cm³/mol. The molecule has 0 unspecified atom stereocenters. The number of aromatic amines is 1. The second-order valence-electron chi connectivity index (χ2n) is 14.2. The number of hydrogen-bond donors (Lipinski definition) is 2. The third-order valence-corrected chi connectivity index (χ3v) is 11.6. The van der Waals surface area contributed by atoms with E-state index in [0.717, 1.165) is 74.9 Å². The van der Waals surface area contributed by atoms with Gasteiger partial charge in [-0.15, -0.1) is 11.3 Å². The number of likely N-dealkylation sites (tertiary alicyclic amines) is 1. The van der Waals surface area contributed by atoms with E-state index < -0.39 is 6.04 Å². The summed E-state index contributed by atoms with van der Waals surface area (Å²) in [5.74, 6) is 0.450. The van der Waals surface area contributed by atoms with Gasteiger partial charge in [0, 0.05) is 71.5 Å². The fourth-order valence-electron chi connectivity index (χ4n) is 7.74. The van der Waals surface area contributed by atoms with Crippen molar-refractivity contribution >= 4 is 67.3 Å². The summed E-state index contributed by atoms with van der Waals surface area (Å²) in [5.41, 5.74) is 3.91. The number of hydrogen-bond acceptors (Lipinski definition) is 5. The molecule has 2 N–H and O–H groups in total. The van der Waals surface area contributed by atoms with Gasteiger partial charge in [-0.1, -0.05) is 48.0 Å². The minimum Gasteiger partial charge on any atom is -0.361 e. The number of carbonyl (C=O) groups is 3. The zero-order valence-electron chi connectivity index (χ0n) is 28.7. The molecule has 0 spiro atoms. The van der Waals surface area contributed by atoms with Crippen LogP contribution in [0.1, 0.15) is 46.5 Å². The maximum absolute atomic E-state index is 14.6. The zero-order chi connectivity index (χ0) is 34.8. The molecule has 1 saturated heterocycles. The number of halogens is 1. The molecule has 2 aromatic heterocycles. The van der Waals surface area contributed by atoms with E-state index in [-0.39, 0.29) is 23.6 Å². The lowest BCUT2D eigenvalue weighted by atomic mass is 9.90. The first-order valence-electron chi connectivity index (χ1n) is 17.6. The minimum absolute atomic E-state index is 0.0930. The SMILES string of the molecule is CN(C)C[C@H]1Cc2cc(Cl)ccc2N(C(=O)[C@@H](Cc2c[nH]c3ccccc23)NC(=O)CCC2CCN(C(=O)c3cc4ccccc4s3)CC2)C1. The molecule has 2 aliphatic rings. The van der Waals surface area contributed by atoms with Crippen molar-refractivity contribution in [2.24, 2.45) is 11.8 Å². The zero-order valence-corrected chi connectivity index (χ0v) is 30.2. The number of benzene rings is 3. The van der Waals surface area contributed by atoms with Crippen LogP contribution >= 0.6 is 22.9 Å². The summed E-state index contributed by atoms with van der Waals surface area (Å²) >= 11 is 7.96. The van der Waals surface area contributed by atoms with Gasteiger partial charge in [0.1, 0.15) is 6.04 Å². The Hall–Kier alpha value is -4.18. The fraction of sp³-hybridized carbons (Fsp3) is 0.375. The number of fused-ring (bicyclic) bond motifs is 3. The summed E-state index contributed by atoms with van der Waals surface area (Å²) in [7, 11) is 4.10. The lowest BCUT2D eigenvalue weighted by Gasteiger charge is -2.37. The highest BCUT2D eigenvalue weighted by molar-refractivity contribution is 7.20. The van der Waals surface area contributed by atoms with Crippen LogP contribution in [0.2, 0.25) is 5.02 Å². The molecule has 1 fully saturated rings. The molecule has 50 heavy (non-hydrogen) atoms. The van der Waals surface area contributed by atoms with Crippen molar-refractivity contribution in [2.75, 3.05) is 45.2 Å². The first-order valence-corrected chi connectivity index (χ1v) is 18.8. The Balaban J connectivity index is 1.03. The lowest BCUT2D eigenvalue weighted by Crippen LogP contribution is -2.53. The van der Waals surface area contributed by atoms with Crippen LogP contribution in [0.3, 0.4) is 0 Å². The minimum atomic E-state index is -0.732. The van der Waals surface area contributed by atoms with Gasteiger partial charge in [-0.2, -0.15) is 0 Å². The van der Waals surface area contributed by atoms with Gasteiger partial charge in [0.2, 0.25) is 11.8 Å². The highest BCUT2D eigenvalue weighted by Crippen LogP contribution is 2.34. The third-order valence-electron chi connectivity index (χ3n) is 10.2. The summed E-state index contributed by atoms with van der Waals surface area (Å²) in [6, 6.07) is 23.1. The molecule has 10 heteroatoms.